The maximum atomic E-state index is 12.6. The second-order valence-electron chi connectivity index (χ2n) is 8.69. The minimum absolute atomic E-state index is 0.0430. The molecule has 0 aromatic heterocycles. The third-order valence-corrected chi connectivity index (χ3v) is 6.37. The summed E-state index contributed by atoms with van der Waals surface area (Å²) in [6, 6.07) is 15.0. The first-order chi connectivity index (χ1) is 15.9. The summed E-state index contributed by atoms with van der Waals surface area (Å²) in [5.41, 5.74) is 4.38. The molecule has 2 aromatic rings. The molecule has 2 aromatic carbocycles. The van der Waals surface area contributed by atoms with Crippen LogP contribution in [0.3, 0.4) is 0 Å². The number of ether oxygens (including phenoxy) is 1. The summed E-state index contributed by atoms with van der Waals surface area (Å²) < 4.78 is 5.49. The summed E-state index contributed by atoms with van der Waals surface area (Å²) in [7, 11) is 0. The Morgan fingerprint density at radius 1 is 1.00 bits per heavy atom. The molecule has 1 unspecified atom stereocenters. The molecule has 1 atom stereocenters. The van der Waals surface area contributed by atoms with Gasteiger partial charge >= 0.3 is 12.1 Å². The lowest BCUT2D eigenvalue weighted by Gasteiger charge is -2.31. The number of rotatable bonds is 9. The van der Waals surface area contributed by atoms with Gasteiger partial charge in [0.1, 0.15) is 12.6 Å². The average molecular weight is 453 g/mol. The zero-order valence-electron chi connectivity index (χ0n) is 18.2. The van der Waals surface area contributed by atoms with Crippen LogP contribution in [0.2, 0.25) is 0 Å². The number of alkyl carbamates (subject to hydrolysis) is 1. The second-order valence-corrected chi connectivity index (χ2v) is 8.69. The Hall–Kier alpha value is -3.39. The summed E-state index contributed by atoms with van der Waals surface area (Å²) in [5, 5.41) is 23.7. The van der Waals surface area contributed by atoms with Gasteiger partial charge in [0.2, 0.25) is 5.91 Å². The van der Waals surface area contributed by atoms with Crippen molar-refractivity contribution < 1.29 is 29.3 Å². The van der Waals surface area contributed by atoms with E-state index in [0.29, 0.717) is 19.4 Å². The number of carbonyl (C=O) groups excluding carboxylic acids is 2. The van der Waals surface area contributed by atoms with E-state index in [9.17, 15) is 19.5 Å². The zero-order valence-corrected chi connectivity index (χ0v) is 18.2. The maximum Gasteiger partial charge on any atom is 0.407 e. The molecular formula is C25H28N2O6. The van der Waals surface area contributed by atoms with E-state index < -0.39 is 24.0 Å². The fourth-order valence-corrected chi connectivity index (χ4v) is 4.55. The quantitative estimate of drug-likeness (QED) is 0.464. The van der Waals surface area contributed by atoms with E-state index in [2.05, 4.69) is 10.6 Å². The number of hydrogen-bond donors (Lipinski definition) is 4. The lowest BCUT2D eigenvalue weighted by molar-refractivity contribution is -0.137. The monoisotopic (exact) mass is 452 g/mol. The fraction of sp³-hybridized carbons (Fsp3) is 0.400. The maximum absolute atomic E-state index is 12.6. The number of aliphatic carboxylic acids is 1. The fourth-order valence-electron chi connectivity index (χ4n) is 4.55. The van der Waals surface area contributed by atoms with Crippen molar-refractivity contribution in [1.82, 2.24) is 10.6 Å². The molecule has 2 aliphatic carbocycles. The predicted octanol–water partition coefficient (Wildman–Crippen LogP) is 2.65. The van der Waals surface area contributed by atoms with Crippen LogP contribution in [0.4, 0.5) is 4.79 Å². The SMILES string of the molecule is O=C(O)CCC(NC(=O)OCC1c2ccccc2-c2ccccc21)C(=O)NCC1CC(O)C1. The van der Waals surface area contributed by atoms with Crippen molar-refractivity contribution >= 4 is 18.0 Å². The Kier molecular flexibility index (Phi) is 6.93. The molecule has 0 aliphatic heterocycles. The number of carboxylic acid groups (broad SMARTS) is 1. The van der Waals surface area contributed by atoms with Crippen LogP contribution < -0.4 is 10.6 Å². The molecule has 33 heavy (non-hydrogen) atoms. The first kappa shape index (κ1) is 22.8. The van der Waals surface area contributed by atoms with Crippen LogP contribution in [0.1, 0.15) is 42.7 Å². The van der Waals surface area contributed by atoms with Gasteiger partial charge in [0.25, 0.3) is 0 Å². The van der Waals surface area contributed by atoms with Crippen LogP contribution in [0.5, 0.6) is 0 Å². The Morgan fingerprint density at radius 2 is 1.61 bits per heavy atom. The number of aliphatic hydroxyl groups excluding tert-OH is 1. The molecule has 4 rings (SSSR count). The number of carbonyl (C=O) groups is 3. The summed E-state index contributed by atoms with van der Waals surface area (Å²) in [4.78, 5) is 36.1. The molecule has 174 valence electrons. The van der Waals surface area contributed by atoms with E-state index in [0.717, 1.165) is 22.3 Å². The molecule has 0 radical (unpaired) electrons. The van der Waals surface area contributed by atoms with Crippen LogP contribution in [0.15, 0.2) is 48.5 Å². The summed E-state index contributed by atoms with van der Waals surface area (Å²) in [6.45, 7) is 0.485. The van der Waals surface area contributed by atoms with E-state index in [1.54, 1.807) is 0 Å². The molecule has 0 saturated heterocycles. The summed E-state index contributed by atoms with van der Waals surface area (Å²) in [6.07, 6.45) is -0.141. The third kappa shape index (κ3) is 5.34. The van der Waals surface area contributed by atoms with Crippen molar-refractivity contribution in [1.29, 1.82) is 0 Å². The molecule has 0 heterocycles. The van der Waals surface area contributed by atoms with Gasteiger partial charge in [-0.25, -0.2) is 4.79 Å². The van der Waals surface area contributed by atoms with Gasteiger partial charge in [-0.15, -0.1) is 0 Å². The molecule has 0 spiro atoms. The average Bonchev–Trinajstić information content (AvgIpc) is 3.10. The van der Waals surface area contributed by atoms with E-state index in [4.69, 9.17) is 9.84 Å². The molecular weight excluding hydrogens is 424 g/mol. The lowest BCUT2D eigenvalue weighted by atomic mass is 9.82. The summed E-state index contributed by atoms with van der Waals surface area (Å²) >= 11 is 0. The highest BCUT2D eigenvalue weighted by atomic mass is 16.5. The first-order valence-corrected chi connectivity index (χ1v) is 11.2. The van der Waals surface area contributed by atoms with Gasteiger partial charge in [-0.3, -0.25) is 9.59 Å². The van der Waals surface area contributed by atoms with Crippen molar-refractivity contribution in [3.63, 3.8) is 0 Å². The highest BCUT2D eigenvalue weighted by Crippen LogP contribution is 2.44. The first-order valence-electron chi connectivity index (χ1n) is 11.2. The number of hydrogen-bond acceptors (Lipinski definition) is 5. The number of aliphatic hydroxyl groups is 1. The van der Waals surface area contributed by atoms with Gasteiger partial charge in [-0.2, -0.15) is 0 Å². The third-order valence-electron chi connectivity index (χ3n) is 6.37. The van der Waals surface area contributed by atoms with Gasteiger partial charge in [-0.05, 0) is 47.4 Å². The molecule has 1 fully saturated rings. The smallest absolute Gasteiger partial charge is 0.407 e. The van der Waals surface area contributed by atoms with Gasteiger partial charge in [-0.1, -0.05) is 48.5 Å². The van der Waals surface area contributed by atoms with Crippen molar-refractivity contribution in [3.05, 3.63) is 59.7 Å². The van der Waals surface area contributed by atoms with Crippen LogP contribution in [0, 0.1) is 5.92 Å². The van der Waals surface area contributed by atoms with E-state index in [1.165, 1.54) is 0 Å². The van der Waals surface area contributed by atoms with Gasteiger partial charge in [0.15, 0.2) is 0 Å². The lowest BCUT2D eigenvalue weighted by Crippen LogP contribution is -2.49. The normalized spacial score (nSPS) is 19.5. The number of fused-ring (bicyclic) bond motifs is 3. The van der Waals surface area contributed by atoms with Crippen LogP contribution in [-0.2, 0) is 14.3 Å². The Labute approximate surface area is 192 Å². The highest BCUT2D eigenvalue weighted by Gasteiger charge is 2.31. The number of amides is 2. The minimum Gasteiger partial charge on any atom is -0.481 e. The van der Waals surface area contributed by atoms with E-state index in [-0.39, 0.29) is 37.4 Å². The second kappa shape index (κ2) is 10.0. The van der Waals surface area contributed by atoms with Crippen molar-refractivity contribution in [2.45, 2.75) is 43.7 Å². The van der Waals surface area contributed by atoms with E-state index >= 15 is 0 Å². The highest BCUT2D eigenvalue weighted by molar-refractivity contribution is 5.86. The Balaban J connectivity index is 1.36. The summed E-state index contributed by atoms with van der Waals surface area (Å²) in [5.74, 6) is -1.42. The van der Waals surface area contributed by atoms with Gasteiger partial charge in [0, 0.05) is 18.9 Å². The van der Waals surface area contributed by atoms with E-state index in [1.807, 2.05) is 48.5 Å². The standard InChI is InChI=1S/C25H28N2O6/c28-16-11-15(12-16)13-26-24(31)22(9-10-23(29)30)27-25(32)33-14-21-19-7-3-1-5-17(19)18-6-2-4-8-20(18)21/h1-8,15-16,21-22,28H,9-14H2,(H,26,31)(H,27,32)(H,29,30). The largest absolute Gasteiger partial charge is 0.481 e. The van der Waals surface area contributed by atoms with Gasteiger partial charge in [0.05, 0.1) is 6.10 Å². The Bertz CT molecular complexity index is 988. The molecule has 1 saturated carbocycles. The van der Waals surface area contributed by atoms with Crippen LogP contribution >= 0.6 is 0 Å². The number of carboxylic acids is 1. The Morgan fingerprint density at radius 3 is 2.18 bits per heavy atom. The molecule has 0 bridgehead atoms. The number of benzene rings is 2. The van der Waals surface area contributed by atoms with Gasteiger partial charge < -0.3 is 25.6 Å². The van der Waals surface area contributed by atoms with Crippen molar-refractivity contribution in [3.8, 4) is 11.1 Å². The zero-order chi connectivity index (χ0) is 23.4. The molecule has 4 N–H and O–H groups in total. The van der Waals surface area contributed by atoms with Crippen molar-refractivity contribution in [2.24, 2.45) is 5.92 Å². The molecule has 8 heteroatoms. The molecule has 2 aliphatic rings. The van der Waals surface area contributed by atoms with Crippen LogP contribution in [-0.4, -0.2) is 53.5 Å². The van der Waals surface area contributed by atoms with Crippen LogP contribution in [0.25, 0.3) is 11.1 Å². The number of nitrogens with one attached hydrogen (secondary N) is 2. The molecule has 2 amide bonds. The minimum atomic E-state index is -1.05. The van der Waals surface area contributed by atoms with Crippen molar-refractivity contribution in [2.75, 3.05) is 13.2 Å². The topological polar surface area (TPSA) is 125 Å². The molecule has 8 nitrogen and oxygen atoms in total. The predicted molar refractivity (Wildman–Crippen MR) is 121 cm³/mol.